The number of hydrogen-bond acceptors (Lipinski definition) is 4. The van der Waals surface area contributed by atoms with E-state index in [4.69, 9.17) is 0 Å². The van der Waals surface area contributed by atoms with Crippen LogP contribution in [0.3, 0.4) is 0 Å². The van der Waals surface area contributed by atoms with Crippen LogP contribution in [-0.4, -0.2) is 22.3 Å². The number of rotatable bonds is 6. The number of nitrogens with one attached hydrogen (secondary N) is 1. The Morgan fingerprint density at radius 1 is 1.21 bits per heavy atom. The van der Waals surface area contributed by atoms with E-state index in [1.807, 2.05) is 30.0 Å². The van der Waals surface area contributed by atoms with Crippen molar-refractivity contribution in [3.8, 4) is 0 Å². The predicted molar refractivity (Wildman–Crippen MR) is 83.9 cm³/mol. The maximum atomic E-state index is 4.63. The lowest BCUT2D eigenvalue weighted by molar-refractivity contribution is 0.632. The van der Waals surface area contributed by atoms with Crippen molar-refractivity contribution < 1.29 is 0 Å². The number of hydrogen-bond donors (Lipinski definition) is 1. The number of aromatic nitrogens is 2. The lowest BCUT2D eigenvalue weighted by Gasteiger charge is -2.09. The largest absolute Gasteiger partial charge is 0.354 e. The number of nitrogens with zero attached hydrogens (tertiary/aromatic N) is 2. The van der Waals surface area contributed by atoms with E-state index in [0.717, 1.165) is 40.1 Å². The molecule has 0 bridgehead atoms. The fraction of sp³-hybridized carbons (Fsp3) is 0.467. The molecule has 1 aromatic carbocycles. The molecule has 1 N–H and O–H groups in total. The molecule has 0 spiro atoms. The second-order valence-electron chi connectivity index (χ2n) is 4.93. The van der Waals surface area contributed by atoms with Crippen LogP contribution in [0.4, 0.5) is 5.95 Å². The topological polar surface area (TPSA) is 37.8 Å². The van der Waals surface area contributed by atoms with Gasteiger partial charge in [0.1, 0.15) is 5.03 Å². The Hall–Kier alpha value is -1.29. The Kier molecular flexibility index (Phi) is 5.02. The zero-order valence-corrected chi connectivity index (χ0v) is 12.6. The van der Waals surface area contributed by atoms with Gasteiger partial charge >= 0.3 is 0 Å². The molecule has 4 heteroatoms. The van der Waals surface area contributed by atoms with Crippen molar-refractivity contribution >= 4 is 28.6 Å². The molecule has 2 aromatic rings. The molecule has 102 valence electrons. The summed E-state index contributed by atoms with van der Waals surface area (Å²) in [7, 11) is 0. The molecule has 1 heterocycles. The van der Waals surface area contributed by atoms with Crippen LogP contribution >= 0.6 is 11.8 Å². The first kappa shape index (κ1) is 14.1. The highest BCUT2D eigenvalue weighted by Gasteiger charge is 2.07. The van der Waals surface area contributed by atoms with Gasteiger partial charge in [0.25, 0.3) is 0 Å². The van der Waals surface area contributed by atoms with E-state index in [9.17, 15) is 0 Å². The molecule has 0 fully saturated rings. The van der Waals surface area contributed by atoms with Gasteiger partial charge in [-0.3, -0.25) is 0 Å². The van der Waals surface area contributed by atoms with Crippen LogP contribution < -0.4 is 5.32 Å². The van der Waals surface area contributed by atoms with Crippen LogP contribution in [0.15, 0.2) is 29.3 Å². The third-order valence-corrected chi connectivity index (χ3v) is 3.86. The summed E-state index contributed by atoms with van der Waals surface area (Å²) < 4.78 is 0. The summed E-state index contributed by atoms with van der Waals surface area (Å²) >= 11 is 1.83. The second-order valence-corrected chi connectivity index (χ2v) is 6.01. The third kappa shape index (κ3) is 3.83. The molecule has 1 aromatic heterocycles. The Balaban J connectivity index is 2.28. The van der Waals surface area contributed by atoms with E-state index >= 15 is 0 Å². The minimum Gasteiger partial charge on any atom is -0.354 e. The summed E-state index contributed by atoms with van der Waals surface area (Å²) in [6.45, 7) is 7.41. The maximum Gasteiger partial charge on any atom is 0.224 e. The lowest BCUT2D eigenvalue weighted by Crippen LogP contribution is -2.03. The van der Waals surface area contributed by atoms with Crippen molar-refractivity contribution in [2.24, 2.45) is 5.92 Å². The van der Waals surface area contributed by atoms with E-state index in [0.29, 0.717) is 0 Å². The molecule has 3 nitrogen and oxygen atoms in total. The summed E-state index contributed by atoms with van der Waals surface area (Å²) in [5.74, 6) is 2.56. The molecule has 0 radical (unpaired) electrons. The highest BCUT2D eigenvalue weighted by atomic mass is 32.2. The van der Waals surface area contributed by atoms with E-state index in [2.05, 4.69) is 42.1 Å². The first-order chi connectivity index (χ1) is 9.20. The standard InChI is InChI=1S/C15H21N3S/c1-4-16-15-17-13-8-6-5-7-12(13)14(18-15)19-10-9-11(2)3/h5-8,11H,4,9-10H2,1-3H3,(H,16,17,18). The molecule has 0 saturated heterocycles. The van der Waals surface area contributed by atoms with E-state index in [1.165, 1.54) is 6.42 Å². The average Bonchev–Trinajstić information content (AvgIpc) is 2.38. The SMILES string of the molecule is CCNc1nc(SCCC(C)C)c2ccccc2n1. The number of para-hydroxylation sites is 1. The molecular formula is C15H21N3S. The van der Waals surface area contributed by atoms with Gasteiger partial charge in [0, 0.05) is 11.9 Å². The van der Waals surface area contributed by atoms with Gasteiger partial charge in [0.2, 0.25) is 5.95 Å². The number of anilines is 1. The highest BCUT2D eigenvalue weighted by Crippen LogP contribution is 2.27. The van der Waals surface area contributed by atoms with Crippen LogP contribution in [0.25, 0.3) is 10.9 Å². The van der Waals surface area contributed by atoms with Crippen molar-refractivity contribution in [1.82, 2.24) is 9.97 Å². The van der Waals surface area contributed by atoms with Gasteiger partial charge in [-0.1, -0.05) is 32.0 Å². The molecule has 0 atom stereocenters. The summed E-state index contributed by atoms with van der Waals surface area (Å²) in [5.41, 5.74) is 1.01. The maximum absolute atomic E-state index is 4.63. The third-order valence-electron chi connectivity index (χ3n) is 2.84. The minimum absolute atomic E-state index is 0.730. The van der Waals surface area contributed by atoms with Crippen molar-refractivity contribution in [3.63, 3.8) is 0 Å². The van der Waals surface area contributed by atoms with E-state index in [-0.39, 0.29) is 0 Å². The summed E-state index contributed by atoms with van der Waals surface area (Å²) in [4.78, 5) is 9.16. The van der Waals surface area contributed by atoms with Gasteiger partial charge in [-0.05, 0) is 31.1 Å². The average molecular weight is 275 g/mol. The Morgan fingerprint density at radius 3 is 2.74 bits per heavy atom. The fourth-order valence-electron chi connectivity index (χ4n) is 1.79. The van der Waals surface area contributed by atoms with Gasteiger partial charge in [0.15, 0.2) is 0 Å². The van der Waals surface area contributed by atoms with E-state index in [1.54, 1.807) is 0 Å². The molecule has 2 rings (SSSR count). The quantitative estimate of drug-likeness (QED) is 0.633. The Labute approximate surface area is 119 Å². The van der Waals surface area contributed by atoms with Gasteiger partial charge in [-0.2, -0.15) is 0 Å². The second kappa shape index (κ2) is 6.75. The van der Waals surface area contributed by atoms with Crippen molar-refractivity contribution in [1.29, 1.82) is 0 Å². The Morgan fingerprint density at radius 2 is 2.00 bits per heavy atom. The number of thioether (sulfide) groups is 1. The van der Waals surface area contributed by atoms with Gasteiger partial charge < -0.3 is 5.32 Å². The monoisotopic (exact) mass is 275 g/mol. The summed E-state index contributed by atoms with van der Waals surface area (Å²) in [5, 5.41) is 5.44. The summed E-state index contributed by atoms with van der Waals surface area (Å²) in [6.07, 6.45) is 1.21. The molecule has 0 amide bonds. The number of fused-ring (bicyclic) bond motifs is 1. The van der Waals surface area contributed by atoms with Crippen LogP contribution in [0.2, 0.25) is 0 Å². The van der Waals surface area contributed by atoms with Gasteiger partial charge in [0.05, 0.1) is 5.52 Å². The summed E-state index contributed by atoms with van der Waals surface area (Å²) in [6, 6.07) is 8.21. The molecule has 19 heavy (non-hydrogen) atoms. The lowest BCUT2D eigenvalue weighted by atomic mass is 10.2. The van der Waals surface area contributed by atoms with Crippen molar-refractivity contribution in [3.05, 3.63) is 24.3 Å². The normalized spacial score (nSPS) is 11.2. The zero-order valence-electron chi connectivity index (χ0n) is 11.8. The highest BCUT2D eigenvalue weighted by molar-refractivity contribution is 7.99. The molecular weight excluding hydrogens is 254 g/mol. The van der Waals surface area contributed by atoms with Crippen LogP contribution in [-0.2, 0) is 0 Å². The minimum atomic E-state index is 0.730. The van der Waals surface area contributed by atoms with Crippen molar-refractivity contribution in [2.45, 2.75) is 32.2 Å². The van der Waals surface area contributed by atoms with Gasteiger partial charge in [-0.25, -0.2) is 9.97 Å². The predicted octanol–water partition coefficient (Wildman–Crippen LogP) is 4.20. The van der Waals surface area contributed by atoms with E-state index < -0.39 is 0 Å². The number of benzene rings is 1. The zero-order chi connectivity index (χ0) is 13.7. The van der Waals surface area contributed by atoms with Crippen LogP contribution in [0, 0.1) is 5.92 Å². The van der Waals surface area contributed by atoms with Crippen molar-refractivity contribution in [2.75, 3.05) is 17.6 Å². The molecule has 0 aliphatic heterocycles. The molecule has 0 aliphatic carbocycles. The smallest absolute Gasteiger partial charge is 0.224 e. The van der Waals surface area contributed by atoms with Crippen LogP contribution in [0.5, 0.6) is 0 Å². The molecule has 0 unspecified atom stereocenters. The fourth-order valence-corrected chi connectivity index (χ4v) is 3.05. The Bertz CT molecular complexity index is 540. The van der Waals surface area contributed by atoms with Gasteiger partial charge in [-0.15, -0.1) is 11.8 Å². The first-order valence-electron chi connectivity index (χ1n) is 6.84. The van der Waals surface area contributed by atoms with Crippen LogP contribution in [0.1, 0.15) is 27.2 Å². The molecule has 0 saturated carbocycles. The molecule has 0 aliphatic rings. The first-order valence-corrected chi connectivity index (χ1v) is 7.82.